The Morgan fingerprint density at radius 1 is 1.35 bits per heavy atom. The van der Waals surface area contributed by atoms with Crippen molar-refractivity contribution >= 4 is 33.3 Å². The number of halogens is 2. The molecule has 2 aromatic rings. The minimum absolute atomic E-state index is 0.133. The van der Waals surface area contributed by atoms with Gasteiger partial charge in [0.25, 0.3) is 5.91 Å². The van der Waals surface area contributed by atoms with Crippen LogP contribution in [-0.2, 0) is 0 Å². The van der Waals surface area contributed by atoms with Crippen molar-refractivity contribution < 1.29 is 9.18 Å². The van der Waals surface area contributed by atoms with Gasteiger partial charge in [-0.2, -0.15) is 0 Å². The molecule has 1 amide bonds. The molecule has 1 aromatic heterocycles. The van der Waals surface area contributed by atoms with Crippen LogP contribution in [0, 0.1) is 5.82 Å². The summed E-state index contributed by atoms with van der Waals surface area (Å²) in [4.78, 5) is 16.1. The van der Waals surface area contributed by atoms with Gasteiger partial charge in [0.05, 0.1) is 11.3 Å². The van der Waals surface area contributed by atoms with Crippen LogP contribution >= 0.6 is 15.9 Å². The van der Waals surface area contributed by atoms with Crippen LogP contribution in [0.25, 0.3) is 0 Å². The van der Waals surface area contributed by atoms with Crippen molar-refractivity contribution in [1.29, 1.82) is 0 Å². The molecule has 0 saturated heterocycles. The van der Waals surface area contributed by atoms with Crippen LogP contribution in [0.2, 0.25) is 0 Å². The van der Waals surface area contributed by atoms with Gasteiger partial charge in [0, 0.05) is 17.2 Å². The molecule has 0 aliphatic carbocycles. The van der Waals surface area contributed by atoms with Crippen LogP contribution in [0.5, 0.6) is 0 Å². The van der Waals surface area contributed by atoms with E-state index in [2.05, 4.69) is 31.5 Å². The number of nitrogens with zero attached hydrogens (tertiary/aromatic N) is 1. The van der Waals surface area contributed by atoms with E-state index in [0.29, 0.717) is 15.9 Å². The molecule has 0 atom stereocenters. The summed E-state index contributed by atoms with van der Waals surface area (Å²) >= 11 is 3.16. The molecule has 0 radical (unpaired) electrons. The van der Waals surface area contributed by atoms with Gasteiger partial charge in [-0.25, -0.2) is 9.37 Å². The van der Waals surface area contributed by atoms with Crippen molar-refractivity contribution in [3.63, 3.8) is 0 Å². The molecular formula is C14H13BrFN3O. The van der Waals surface area contributed by atoms with Gasteiger partial charge in [0.2, 0.25) is 0 Å². The first-order chi connectivity index (χ1) is 9.60. The van der Waals surface area contributed by atoms with Crippen molar-refractivity contribution in [3.05, 3.63) is 52.4 Å². The normalized spacial score (nSPS) is 10.2. The van der Waals surface area contributed by atoms with E-state index < -0.39 is 11.7 Å². The predicted octanol–water partition coefficient (Wildman–Crippen LogP) is 3.67. The van der Waals surface area contributed by atoms with Gasteiger partial charge in [-0.3, -0.25) is 4.79 Å². The van der Waals surface area contributed by atoms with Gasteiger partial charge in [-0.15, -0.1) is 0 Å². The second-order valence-corrected chi connectivity index (χ2v) is 4.96. The summed E-state index contributed by atoms with van der Waals surface area (Å²) in [5.41, 5.74) is 0.503. The Kier molecular flexibility index (Phi) is 4.68. The minimum Gasteiger partial charge on any atom is -0.370 e. The summed E-state index contributed by atoms with van der Waals surface area (Å²) < 4.78 is 14.2. The van der Waals surface area contributed by atoms with Gasteiger partial charge >= 0.3 is 0 Å². The number of anilines is 2. The molecule has 6 heteroatoms. The van der Waals surface area contributed by atoms with Crippen LogP contribution in [-0.4, -0.2) is 17.4 Å². The summed E-state index contributed by atoms with van der Waals surface area (Å²) in [5, 5.41) is 5.54. The molecule has 4 nitrogen and oxygen atoms in total. The van der Waals surface area contributed by atoms with Crippen LogP contribution < -0.4 is 10.6 Å². The molecule has 2 N–H and O–H groups in total. The highest BCUT2D eigenvalue weighted by Gasteiger charge is 2.10. The standard InChI is InChI=1S/C14H13BrFN3O/c1-2-17-13-6-3-9(8-18-13)14(20)19-12-5-4-10(15)7-11(12)16/h3-8H,2H2,1H3,(H,17,18)(H,19,20). The molecule has 0 unspecified atom stereocenters. The Labute approximate surface area is 124 Å². The van der Waals surface area contributed by atoms with Crippen LogP contribution in [0.15, 0.2) is 41.0 Å². The molecule has 0 fully saturated rings. The fourth-order valence-electron chi connectivity index (χ4n) is 1.60. The summed E-state index contributed by atoms with van der Waals surface area (Å²) in [6, 6.07) is 7.79. The van der Waals surface area contributed by atoms with Gasteiger partial charge < -0.3 is 10.6 Å². The zero-order chi connectivity index (χ0) is 14.5. The second kappa shape index (κ2) is 6.47. The molecule has 0 bridgehead atoms. The summed E-state index contributed by atoms with van der Waals surface area (Å²) in [5.74, 6) is -0.203. The lowest BCUT2D eigenvalue weighted by atomic mass is 10.2. The zero-order valence-corrected chi connectivity index (χ0v) is 12.4. The summed E-state index contributed by atoms with van der Waals surface area (Å²) in [6.45, 7) is 2.71. The Bertz CT molecular complexity index is 616. The first-order valence-corrected chi connectivity index (χ1v) is 6.85. The summed E-state index contributed by atoms with van der Waals surface area (Å²) in [7, 11) is 0. The Balaban J connectivity index is 2.11. The van der Waals surface area contributed by atoms with Crippen molar-refractivity contribution in [2.75, 3.05) is 17.2 Å². The molecule has 1 aromatic carbocycles. The molecule has 0 aliphatic heterocycles. The predicted molar refractivity (Wildman–Crippen MR) is 80.5 cm³/mol. The van der Waals surface area contributed by atoms with Gasteiger partial charge in [0.1, 0.15) is 11.6 Å². The van der Waals surface area contributed by atoms with Crippen molar-refractivity contribution in [3.8, 4) is 0 Å². The molecule has 20 heavy (non-hydrogen) atoms. The van der Waals surface area contributed by atoms with E-state index >= 15 is 0 Å². The Hall–Kier alpha value is -1.95. The SMILES string of the molecule is CCNc1ccc(C(=O)Nc2ccc(Br)cc2F)cn1. The Morgan fingerprint density at radius 2 is 2.15 bits per heavy atom. The number of rotatable bonds is 4. The lowest BCUT2D eigenvalue weighted by molar-refractivity contribution is 0.102. The van der Waals surface area contributed by atoms with E-state index in [9.17, 15) is 9.18 Å². The Morgan fingerprint density at radius 3 is 2.75 bits per heavy atom. The molecule has 1 heterocycles. The smallest absolute Gasteiger partial charge is 0.257 e. The third-order valence-corrected chi connectivity index (χ3v) is 3.06. The van der Waals surface area contributed by atoms with E-state index in [4.69, 9.17) is 0 Å². The number of pyridine rings is 1. The molecular weight excluding hydrogens is 325 g/mol. The number of nitrogens with one attached hydrogen (secondary N) is 2. The number of carbonyl (C=O) groups excluding carboxylic acids is 1. The number of aromatic nitrogens is 1. The first-order valence-electron chi connectivity index (χ1n) is 6.06. The average Bonchev–Trinajstić information content (AvgIpc) is 2.43. The van der Waals surface area contributed by atoms with Crippen LogP contribution in [0.3, 0.4) is 0 Å². The summed E-state index contributed by atoms with van der Waals surface area (Å²) in [6.07, 6.45) is 1.45. The fourth-order valence-corrected chi connectivity index (χ4v) is 1.93. The minimum atomic E-state index is -0.495. The molecule has 0 saturated carbocycles. The molecule has 104 valence electrons. The van der Waals surface area contributed by atoms with Gasteiger partial charge in [-0.05, 0) is 37.3 Å². The van der Waals surface area contributed by atoms with E-state index in [1.807, 2.05) is 6.92 Å². The van der Waals surface area contributed by atoms with Crippen LogP contribution in [0.1, 0.15) is 17.3 Å². The number of amides is 1. The number of carbonyl (C=O) groups is 1. The number of hydrogen-bond donors (Lipinski definition) is 2. The number of benzene rings is 1. The molecule has 0 aliphatic rings. The average molecular weight is 338 g/mol. The maximum atomic E-state index is 13.6. The highest BCUT2D eigenvalue weighted by molar-refractivity contribution is 9.10. The monoisotopic (exact) mass is 337 g/mol. The number of hydrogen-bond acceptors (Lipinski definition) is 3. The quantitative estimate of drug-likeness (QED) is 0.894. The van der Waals surface area contributed by atoms with Crippen LogP contribution in [0.4, 0.5) is 15.9 Å². The van der Waals surface area contributed by atoms with E-state index in [-0.39, 0.29) is 5.69 Å². The third-order valence-electron chi connectivity index (χ3n) is 2.56. The van der Waals surface area contributed by atoms with Crippen molar-refractivity contribution in [2.45, 2.75) is 6.92 Å². The highest BCUT2D eigenvalue weighted by Crippen LogP contribution is 2.20. The van der Waals surface area contributed by atoms with Crippen molar-refractivity contribution in [1.82, 2.24) is 4.98 Å². The van der Waals surface area contributed by atoms with E-state index in [0.717, 1.165) is 6.54 Å². The molecule has 0 spiro atoms. The third kappa shape index (κ3) is 3.54. The van der Waals surface area contributed by atoms with Gasteiger partial charge in [-0.1, -0.05) is 15.9 Å². The maximum absolute atomic E-state index is 13.6. The molecule has 2 rings (SSSR count). The second-order valence-electron chi connectivity index (χ2n) is 4.04. The zero-order valence-electron chi connectivity index (χ0n) is 10.8. The maximum Gasteiger partial charge on any atom is 0.257 e. The van der Waals surface area contributed by atoms with E-state index in [1.54, 1.807) is 18.2 Å². The highest BCUT2D eigenvalue weighted by atomic mass is 79.9. The van der Waals surface area contributed by atoms with Gasteiger partial charge in [0.15, 0.2) is 0 Å². The van der Waals surface area contributed by atoms with Crippen molar-refractivity contribution in [2.24, 2.45) is 0 Å². The topological polar surface area (TPSA) is 54.0 Å². The lowest BCUT2D eigenvalue weighted by Gasteiger charge is -2.07. The fraction of sp³-hybridized carbons (Fsp3) is 0.143. The van der Waals surface area contributed by atoms with E-state index in [1.165, 1.54) is 18.3 Å². The lowest BCUT2D eigenvalue weighted by Crippen LogP contribution is -2.13. The largest absolute Gasteiger partial charge is 0.370 e. The first kappa shape index (κ1) is 14.5.